The lowest BCUT2D eigenvalue weighted by atomic mass is 9.85. The molecule has 0 bridgehead atoms. The third-order valence-electron chi connectivity index (χ3n) is 7.73. The van der Waals surface area contributed by atoms with Crippen molar-refractivity contribution in [3.63, 3.8) is 0 Å². The Kier molecular flexibility index (Phi) is 7.60. The maximum absolute atomic E-state index is 2.51. The van der Waals surface area contributed by atoms with Gasteiger partial charge in [0.15, 0.2) is 0 Å². The Bertz CT molecular complexity index is 1320. The molecule has 37 heavy (non-hydrogen) atoms. The van der Waals surface area contributed by atoms with Gasteiger partial charge in [-0.25, -0.2) is 0 Å². The van der Waals surface area contributed by atoms with E-state index in [-0.39, 0.29) is 0 Å². The number of rotatable bonds is 6. The molecule has 5 rings (SSSR count). The van der Waals surface area contributed by atoms with Gasteiger partial charge < -0.3 is 4.90 Å². The number of hydrogen-bond acceptors (Lipinski definition) is 1. The van der Waals surface area contributed by atoms with E-state index in [1.165, 1.54) is 44.8 Å². The van der Waals surface area contributed by atoms with E-state index in [4.69, 9.17) is 0 Å². The Morgan fingerprint density at radius 3 is 2.03 bits per heavy atom. The van der Waals surface area contributed by atoms with Crippen LogP contribution in [0.15, 0.2) is 120 Å². The smallest absolute Gasteiger partial charge is 0.0559 e. The molecule has 0 N–H and O–H groups in total. The fourth-order valence-corrected chi connectivity index (χ4v) is 5.35. The van der Waals surface area contributed by atoms with Gasteiger partial charge in [-0.2, -0.15) is 0 Å². The monoisotopic (exact) mass is 485 g/mol. The minimum atomic E-state index is 0.333. The average Bonchev–Trinajstić information content (AvgIpc) is 2.92. The third-order valence-corrected chi connectivity index (χ3v) is 7.73. The van der Waals surface area contributed by atoms with E-state index in [0.29, 0.717) is 17.9 Å². The molecule has 0 saturated carbocycles. The Morgan fingerprint density at radius 2 is 1.43 bits per heavy atom. The van der Waals surface area contributed by atoms with Gasteiger partial charge in [0.25, 0.3) is 0 Å². The van der Waals surface area contributed by atoms with Gasteiger partial charge in [-0.15, -0.1) is 0 Å². The largest absolute Gasteiger partial charge is 0.335 e. The standard InChI is InChI=1S/C36H39N/c1-26-5-15-31(16-6-26)36(32-17-7-27(2)8-18-32)25-30-13-23-35(24-14-30)37(33-19-9-28(3)10-20-33)34-21-11-29(4)12-22-34/h5-11,13-17,19,21-25,29,32-33H,12,18,20H2,1-4H3. The molecule has 1 heteroatoms. The van der Waals surface area contributed by atoms with E-state index in [1.54, 1.807) is 0 Å². The van der Waals surface area contributed by atoms with Crippen LogP contribution in [0.4, 0.5) is 5.69 Å². The van der Waals surface area contributed by atoms with Crippen LogP contribution >= 0.6 is 0 Å². The van der Waals surface area contributed by atoms with Crippen LogP contribution in [0, 0.1) is 18.8 Å². The molecular weight excluding hydrogens is 446 g/mol. The molecule has 2 aromatic rings. The van der Waals surface area contributed by atoms with Crippen molar-refractivity contribution >= 4 is 17.3 Å². The maximum Gasteiger partial charge on any atom is 0.0559 e. The van der Waals surface area contributed by atoms with Crippen LogP contribution in [-0.2, 0) is 0 Å². The summed E-state index contributed by atoms with van der Waals surface area (Å²) in [6, 6.07) is 18.5. The fourth-order valence-electron chi connectivity index (χ4n) is 5.35. The Labute approximate surface area is 223 Å². The lowest BCUT2D eigenvalue weighted by molar-refractivity contribution is 0.703. The van der Waals surface area contributed by atoms with Crippen LogP contribution in [0.5, 0.6) is 0 Å². The summed E-state index contributed by atoms with van der Waals surface area (Å²) in [5, 5.41) is 0. The number of hydrogen-bond donors (Lipinski definition) is 0. The first-order chi connectivity index (χ1) is 18.0. The van der Waals surface area contributed by atoms with Crippen molar-refractivity contribution in [3.8, 4) is 0 Å². The fraction of sp³-hybridized carbons (Fsp3) is 0.278. The van der Waals surface area contributed by atoms with Crippen molar-refractivity contribution in [2.75, 3.05) is 4.90 Å². The maximum atomic E-state index is 2.51. The summed E-state index contributed by atoms with van der Waals surface area (Å²) in [5.74, 6) is 0.999. The van der Waals surface area contributed by atoms with E-state index < -0.39 is 0 Å². The molecule has 3 atom stereocenters. The molecule has 2 aromatic carbocycles. The van der Waals surface area contributed by atoms with Crippen LogP contribution in [0.2, 0.25) is 0 Å². The highest BCUT2D eigenvalue weighted by Gasteiger charge is 2.22. The molecule has 1 nitrogen and oxygen atoms in total. The minimum absolute atomic E-state index is 0.333. The van der Waals surface area contributed by atoms with Gasteiger partial charge in [0.05, 0.1) is 6.04 Å². The highest BCUT2D eigenvalue weighted by atomic mass is 15.2. The SMILES string of the molecule is CC1=CCC(C(=Cc2ccc(N(C3=CCC(C)C=C3)C3C=CC(C)=CC3)cc2)c2ccc(C)cc2)C=C1. The summed E-state index contributed by atoms with van der Waals surface area (Å²) < 4.78 is 0. The van der Waals surface area contributed by atoms with Gasteiger partial charge in [-0.3, -0.25) is 0 Å². The first-order valence-corrected chi connectivity index (χ1v) is 13.7. The van der Waals surface area contributed by atoms with Crippen molar-refractivity contribution in [1.29, 1.82) is 0 Å². The molecular formula is C36H39N. The Balaban J connectivity index is 1.47. The van der Waals surface area contributed by atoms with Crippen LogP contribution in [0.25, 0.3) is 11.6 Å². The molecule has 0 heterocycles. The highest BCUT2D eigenvalue weighted by Crippen LogP contribution is 2.35. The second kappa shape index (κ2) is 11.2. The Hall–Kier alpha value is -3.58. The molecule has 3 aliphatic carbocycles. The predicted octanol–water partition coefficient (Wildman–Crippen LogP) is 9.62. The van der Waals surface area contributed by atoms with Gasteiger partial charge in [0.1, 0.15) is 0 Å². The van der Waals surface area contributed by atoms with Crippen LogP contribution < -0.4 is 4.90 Å². The summed E-state index contributed by atoms with van der Waals surface area (Å²) in [4.78, 5) is 2.51. The molecule has 0 aliphatic heterocycles. The van der Waals surface area contributed by atoms with Gasteiger partial charge in [0, 0.05) is 17.3 Å². The van der Waals surface area contributed by atoms with E-state index in [1.807, 2.05) is 0 Å². The van der Waals surface area contributed by atoms with Gasteiger partial charge in [-0.1, -0.05) is 115 Å². The highest BCUT2D eigenvalue weighted by molar-refractivity contribution is 5.84. The first-order valence-electron chi connectivity index (χ1n) is 13.7. The van der Waals surface area contributed by atoms with Crippen LogP contribution in [0.1, 0.15) is 56.7 Å². The zero-order chi connectivity index (χ0) is 25.8. The van der Waals surface area contributed by atoms with Gasteiger partial charge >= 0.3 is 0 Å². The summed E-state index contributed by atoms with van der Waals surface area (Å²) in [5.41, 5.74) is 10.5. The summed E-state index contributed by atoms with van der Waals surface area (Å²) in [6.45, 7) is 8.80. The number of anilines is 1. The first kappa shape index (κ1) is 25.1. The number of nitrogens with zero attached hydrogens (tertiary/aromatic N) is 1. The molecule has 188 valence electrons. The number of allylic oxidation sites excluding steroid dienone is 10. The molecule has 0 spiro atoms. The van der Waals surface area contributed by atoms with Crippen LogP contribution in [-0.4, -0.2) is 6.04 Å². The topological polar surface area (TPSA) is 3.24 Å². The Morgan fingerprint density at radius 1 is 0.730 bits per heavy atom. The number of benzene rings is 2. The van der Waals surface area contributed by atoms with Gasteiger partial charge in [-0.05, 0) is 80.9 Å². The van der Waals surface area contributed by atoms with E-state index in [2.05, 4.69) is 142 Å². The van der Waals surface area contributed by atoms with Crippen molar-refractivity contribution in [1.82, 2.24) is 0 Å². The summed E-state index contributed by atoms with van der Waals surface area (Å²) in [7, 11) is 0. The zero-order valence-electron chi connectivity index (χ0n) is 22.7. The zero-order valence-corrected chi connectivity index (χ0v) is 22.7. The third kappa shape index (κ3) is 6.05. The van der Waals surface area contributed by atoms with Gasteiger partial charge in [0.2, 0.25) is 0 Å². The number of aryl methyl sites for hydroxylation is 1. The quantitative estimate of drug-likeness (QED) is 0.368. The minimum Gasteiger partial charge on any atom is -0.335 e. The van der Waals surface area contributed by atoms with E-state index in [9.17, 15) is 0 Å². The second-order valence-corrected chi connectivity index (χ2v) is 10.9. The molecule has 3 aliphatic rings. The molecule has 0 saturated heterocycles. The second-order valence-electron chi connectivity index (χ2n) is 10.9. The normalized spacial score (nSPS) is 23.4. The summed E-state index contributed by atoms with van der Waals surface area (Å²) >= 11 is 0. The lowest BCUT2D eigenvalue weighted by Crippen LogP contribution is -2.33. The van der Waals surface area contributed by atoms with Crippen molar-refractivity contribution < 1.29 is 0 Å². The molecule has 0 aromatic heterocycles. The van der Waals surface area contributed by atoms with Crippen molar-refractivity contribution in [2.24, 2.45) is 11.8 Å². The molecule has 3 unspecified atom stereocenters. The molecule has 0 radical (unpaired) electrons. The van der Waals surface area contributed by atoms with Crippen molar-refractivity contribution in [3.05, 3.63) is 137 Å². The predicted molar refractivity (Wildman–Crippen MR) is 161 cm³/mol. The van der Waals surface area contributed by atoms with E-state index >= 15 is 0 Å². The molecule has 0 amide bonds. The van der Waals surface area contributed by atoms with Crippen molar-refractivity contribution in [2.45, 2.75) is 53.0 Å². The van der Waals surface area contributed by atoms with E-state index in [0.717, 1.165) is 19.3 Å². The average molecular weight is 486 g/mol. The summed E-state index contributed by atoms with van der Waals surface area (Å²) in [6.07, 6.45) is 26.6. The molecule has 0 fully saturated rings. The van der Waals surface area contributed by atoms with Crippen LogP contribution in [0.3, 0.4) is 0 Å². The lowest BCUT2D eigenvalue weighted by Gasteiger charge is -2.35.